The van der Waals surface area contributed by atoms with Crippen LogP contribution in [0, 0.1) is 11.8 Å². The molecule has 102 valence electrons. The maximum Gasteiger partial charge on any atom is 0.243 e. The van der Waals surface area contributed by atoms with Gasteiger partial charge in [-0.15, -0.1) is 0 Å². The van der Waals surface area contributed by atoms with Gasteiger partial charge < -0.3 is 5.32 Å². The fraction of sp³-hybridized carbons (Fsp3) is 0.400. The molecular formula is C15H15N3O2. The summed E-state index contributed by atoms with van der Waals surface area (Å²) in [5.74, 6) is 0.519. The standard InChI is InChI=1S/C15H15N3O2/c19-13-3-1-2-8-6-9(4-5-12(8)16-13)14-10-7-11(10)15(20)18-17-14/h4-6,10-11H,1-3,7H2,(H,16,19)(H,18,20). The lowest BCUT2D eigenvalue weighted by Gasteiger charge is -2.14. The van der Waals surface area contributed by atoms with Crippen LogP contribution >= 0.6 is 0 Å². The molecule has 1 fully saturated rings. The molecule has 0 radical (unpaired) electrons. The highest BCUT2D eigenvalue weighted by Gasteiger charge is 2.49. The van der Waals surface area contributed by atoms with Crippen LogP contribution in [0.4, 0.5) is 5.69 Å². The minimum atomic E-state index is 0.0424. The van der Waals surface area contributed by atoms with Gasteiger partial charge in [0.15, 0.2) is 0 Å². The third-order valence-electron chi connectivity index (χ3n) is 4.29. The highest BCUT2D eigenvalue weighted by molar-refractivity contribution is 6.10. The van der Waals surface area contributed by atoms with Crippen molar-refractivity contribution in [3.05, 3.63) is 29.3 Å². The number of aryl methyl sites for hydroxylation is 1. The number of anilines is 1. The van der Waals surface area contributed by atoms with Gasteiger partial charge in [-0.3, -0.25) is 9.59 Å². The molecule has 1 aromatic rings. The number of hydrazone groups is 1. The van der Waals surface area contributed by atoms with Gasteiger partial charge in [-0.1, -0.05) is 6.07 Å². The molecule has 2 N–H and O–H groups in total. The Morgan fingerprint density at radius 1 is 1.15 bits per heavy atom. The van der Waals surface area contributed by atoms with E-state index in [-0.39, 0.29) is 23.7 Å². The van der Waals surface area contributed by atoms with E-state index in [9.17, 15) is 9.59 Å². The van der Waals surface area contributed by atoms with Crippen LogP contribution in [0.25, 0.3) is 0 Å². The van der Waals surface area contributed by atoms with Gasteiger partial charge in [0.2, 0.25) is 11.8 Å². The van der Waals surface area contributed by atoms with Crippen LogP contribution in [0.1, 0.15) is 30.4 Å². The first-order chi connectivity index (χ1) is 9.72. The zero-order valence-corrected chi connectivity index (χ0v) is 11.0. The third-order valence-corrected chi connectivity index (χ3v) is 4.29. The Bertz CT molecular complexity index is 651. The van der Waals surface area contributed by atoms with Gasteiger partial charge in [-0.2, -0.15) is 5.10 Å². The number of benzene rings is 1. The number of amides is 2. The van der Waals surface area contributed by atoms with Crippen LogP contribution in [0.15, 0.2) is 23.3 Å². The normalized spacial score (nSPS) is 27.5. The molecule has 2 heterocycles. The molecule has 20 heavy (non-hydrogen) atoms. The summed E-state index contributed by atoms with van der Waals surface area (Å²) in [6, 6.07) is 6.03. The van der Waals surface area contributed by atoms with Gasteiger partial charge >= 0.3 is 0 Å². The lowest BCUT2D eigenvalue weighted by molar-refractivity contribution is -0.122. The zero-order valence-electron chi connectivity index (χ0n) is 11.0. The summed E-state index contributed by atoms with van der Waals surface area (Å²) in [5, 5.41) is 7.15. The van der Waals surface area contributed by atoms with E-state index >= 15 is 0 Å². The van der Waals surface area contributed by atoms with Crippen molar-refractivity contribution in [2.24, 2.45) is 16.9 Å². The maximum absolute atomic E-state index is 11.5. The van der Waals surface area contributed by atoms with Gasteiger partial charge in [-0.25, -0.2) is 5.43 Å². The van der Waals surface area contributed by atoms with Crippen molar-refractivity contribution < 1.29 is 9.59 Å². The Morgan fingerprint density at radius 2 is 2.05 bits per heavy atom. The van der Waals surface area contributed by atoms with Crippen molar-refractivity contribution in [1.29, 1.82) is 0 Å². The monoisotopic (exact) mass is 269 g/mol. The van der Waals surface area contributed by atoms with Crippen LogP contribution in [0.3, 0.4) is 0 Å². The van der Waals surface area contributed by atoms with Crippen LogP contribution in [0.5, 0.6) is 0 Å². The lowest BCUT2D eigenvalue weighted by Crippen LogP contribution is -2.28. The maximum atomic E-state index is 11.5. The van der Waals surface area contributed by atoms with Crippen molar-refractivity contribution in [3.63, 3.8) is 0 Å². The van der Waals surface area contributed by atoms with Gasteiger partial charge in [0.1, 0.15) is 0 Å². The first-order valence-electron chi connectivity index (χ1n) is 7.03. The summed E-state index contributed by atoms with van der Waals surface area (Å²) in [6.07, 6.45) is 3.25. The van der Waals surface area contributed by atoms with Crippen LogP contribution < -0.4 is 10.7 Å². The highest BCUT2D eigenvalue weighted by Crippen LogP contribution is 2.43. The van der Waals surface area contributed by atoms with Crippen molar-refractivity contribution in [3.8, 4) is 0 Å². The van der Waals surface area contributed by atoms with Crippen molar-refractivity contribution >= 4 is 23.2 Å². The fourth-order valence-corrected chi connectivity index (χ4v) is 3.08. The Hall–Kier alpha value is -2.17. The molecule has 2 amide bonds. The number of hydrogen-bond donors (Lipinski definition) is 2. The Labute approximate surface area is 116 Å². The topological polar surface area (TPSA) is 70.6 Å². The first kappa shape index (κ1) is 11.6. The van der Waals surface area contributed by atoms with Gasteiger partial charge in [0.25, 0.3) is 0 Å². The predicted octanol–water partition coefficient (Wildman–Crippen LogP) is 1.43. The molecule has 0 saturated heterocycles. The molecule has 2 aliphatic heterocycles. The Balaban J connectivity index is 1.69. The first-order valence-corrected chi connectivity index (χ1v) is 7.03. The van der Waals surface area contributed by atoms with Gasteiger partial charge in [0.05, 0.1) is 5.71 Å². The highest BCUT2D eigenvalue weighted by atomic mass is 16.2. The molecular weight excluding hydrogens is 254 g/mol. The smallest absolute Gasteiger partial charge is 0.243 e. The minimum Gasteiger partial charge on any atom is -0.326 e. The van der Waals surface area contributed by atoms with Crippen molar-refractivity contribution in [1.82, 2.24) is 5.43 Å². The largest absolute Gasteiger partial charge is 0.326 e. The SMILES string of the molecule is O=C1CCCc2cc(C3=NNC(=O)C4CC34)ccc2N1. The van der Waals surface area contributed by atoms with Crippen molar-refractivity contribution in [2.45, 2.75) is 25.7 Å². The summed E-state index contributed by atoms with van der Waals surface area (Å²) in [5.41, 5.74) is 6.71. The van der Waals surface area contributed by atoms with Crippen LogP contribution in [-0.2, 0) is 16.0 Å². The predicted molar refractivity (Wildman–Crippen MR) is 74.3 cm³/mol. The molecule has 1 saturated carbocycles. The number of rotatable bonds is 1. The molecule has 2 atom stereocenters. The van der Waals surface area contributed by atoms with E-state index in [2.05, 4.69) is 21.9 Å². The third kappa shape index (κ3) is 1.81. The molecule has 0 spiro atoms. The van der Waals surface area contributed by atoms with E-state index in [0.717, 1.165) is 41.8 Å². The zero-order chi connectivity index (χ0) is 13.7. The number of hydrogen-bond acceptors (Lipinski definition) is 3. The van der Waals surface area contributed by atoms with E-state index in [4.69, 9.17) is 0 Å². The second-order valence-electron chi connectivity index (χ2n) is 5.70. The molecule has 5 nitrogen and oxygen atoms in total. The van der Waals surface area contributed by atoms with Gasteiger partial charge in [0, 0.05) is 23.9 Å². The van der Waals surface area contributed by atoms with Crippen LogP contribution in [-0.4, -0.2) is 17.5 Å². The lowest BCUT2D eigenvalue weighted by atomic mass is 9.98. The summed E-state index contributed by atoms with van der Waals surface area (Å²) >= 11 is 0. The van der Waals surface area contributed by atoms with Gasteiger partial charge in [-0.05, 0) is 42.5 Å². The number of carbonyl (C=O) groups excluding carboxylic acids is 2. The fourth-order valence-electron chi connectivity index (χ4n) is 3.08. The minimum absolute atomic E-state index is 0.0424. The summed E-state index contributed by atoms with van der Waals surface area (Å²) < 4.78 is 0. The average Bonchev–Trinajstić information content (AvgIpc) is 3.22. The molecule has 0 aromatic heterocycles. The Kier molecular flexibility index (Phi) is 2.42. The number of carbonyl (C=O) groups is 2. The van der Waals surface area contributed by atoms with E-state index < -0.39 is 0 Å². The van der Waals surface area contributed by atoms with Crippen LogP contribution in [0.2, 0.25) is 0 Å². The quantitative estimate of drug-likeness (QED) is 0.809. The summed E-state index contributed by atoms with van der Waals surface area (Å²) in [6.45, 7) is 0. The molecule has 5 heteroatoms. The number of nitrogens with zero attached hydrogens (tertiary/aromatic N) is 1. The molecule has 2 unspecified atom stereocenters. The number of fused-ring (bicyclic) bond motifs is 2. The summed E-state index contributed by atoms with van der Waals surface area (Å²) in [4.78, 5) is 23.0. The molecule has 4 rings (SSSR count). The Morgan fingerprint density at radius 3 is 2.95 bits per heavy atom. The molecule has 3 aliphatic rings. The molecule has 1 aromatic carbocycles. The average molecular weight is 269 g/mol. The van der Waals surface area contributed by atoms with E-state index in [0.29, 0.717) is 6.42 Å². The molecule has 1 aliphatic carbocycles. The van der Waals surface area contributed by atoms with E-state index in [1.807, 2.05) is 12.1 Å². The van der Waals surface area contributed by atoms with E-state index in [1.165, 1.54) is 0 Å². The summed E-state index contributed by atoms with van der Waals surface area (Å²) in [7, 11) is 0. The second kappa shape index (κ2) is 4.16. The number of nitrogens with one attached hydrogen (secondary N) is 2. The van der Waals surface area contributed by atoms with E-state index in [1.54, 1.807) is 0 Å². The molecule has 0 bridgehead atoms. The second-order valence-corrected chi connectivity index (χ2v) is 5.70. The van der Waals surface area contributed by atoms with Crippen molar-refractivity contribution in [2.75, 3.05) is 5.32 Å².